The number of aromatic hydroxyl groups is 1. The van der Waals surface area contributed by atoms with Crippen molar-refractivity contribution < 1.29 is 10.2 Å². The molecule has 0 heterocycles. The second kappa shape index (κ2) is 6.35. The number of aryl methyl sites for hydroxylation is 1. The average molecular weight is 317 g/mol. The molecule has 0 spiro atoms. The Morgan fingerprint density at radius 2 is 1.91 bits per heavy atom. The molecule has 3 heteroatoms. The molecule has 0 amide bonds. The summed E-state index contributed by atoms with van der Waals surface area (Å²) < 4.78 is 0. The molecule has 4 N–H and O–H groups in total. The van der Waals surface area contributed by atoms with Gasteiger partial charge >= 0.3 is 0 Å². The minimum Gasteiger partial charge on any atom is -0.506 e. The van der Waals surface area contributed by atoms with Crippen molar-refractivity contribution in [3.8, 4) is 5.75 Å². The van der Waals surface area contributed by atoms with Gasteiger partial charge in [0.05, 0.1) is 5.69 Å². The first-order valence-corrected chi connectivity index (χ1v) is 9.13. The molecule has 0 bridgehead atoms. The quantitative estimate of drug-likeness (QED) is 0.496. The summed E-state index contributed by atoms with van der Waals surface area (Å²) in [5, 5.41) is 16.9. The van der Waals surface area contributed by atoms with E-state index in [9.17, 15) is 5.11 Å². The molecule has 0 aliphatic heterocycles. The second-order valence-electron chi connectivity index (χ2n) is 8.03. The standard InChI is InChI=1S/C19H27NO.CH4O/c1-19-7-2-3-14(19)9-12-4-5-13-10-18(21)17(20)11-16(13)15(12)6-8-19;1-2/h10-12,14-15,21H,2-9,20H2,1H3;2H,1H3/t12?,14?,15?,19-;/m0./s1. The molecule has 128 valence electrons. The largest absolute Gasteiger partial charge is 0.506 e. The van der Waals surface area contributed by atoms with Crippen LogP contribution in [-0.4, -0.2) is 17.3 Å². The van der Waals surface area contributed by atoms with Gasteiger partial charge in [-0.2, -0.15) is 0 Å². The maximum absolute atomic E-state index is 9.87. The lowest BCUT2D eigenvalue weighted by molar-refractivity contribution is 0.199. The van der Waals surface area contributed by atoms with E-state index in [4.69, 9.17) is 10.8 Å². The highest BCUT2D eigenvalue weighted by atomic mass is 16.3. The molecular weight excluding hydrogens is 286 g/mol. The average Bonchev–Trinajstić information content (AvgIpc) is 2.84. The summed E-state index contributed by atoms with van der Waals surface area (Å²) in [5.74, 6) is 2.73. The number of aliphatic hydroxyl groups is 1. The third kappa shape index (κ3) is 2.84. The Balaban J connectivity index is 0.000000753. The second-order valence-corrected chi connectivity index (χ2v) is 8.03. The van der Waals surface area contributed by atoms with E-state index in [1.54, 1.807) is 0 Å². The lowest BCUT2D eigenvalue weighted by Crippen LogP contribution is -2.23. The Labute approximate surface area is 139 Å². The number of benzene rings is 1. The van der Waals surface area contributed by atoms with Crippen molar-refractivity contribution in [3.05, 3.63) is 23.3 Å². The Kier molecular flexibility index (Phi) is 4.59. The molecular formula is C20H31NO2. The molecule has 23 heavy (non-hydrogen) atoms. The fourth-order valence-electron chi connectivity index (χ4n) is 5.58. The number of anilines is 1. The first kappa shape index (κ1) is 16.6. The molecule has 4 rings (SSSR count). The SMILES string of the molecule is CO.C[C@@]12CCCC1CC1CCc3cc(O)c(N)cc3C1CC2. The smallest absolute Gasteiger partial charge is 0.138 e. The first-order valence-electron chi connectivity index (χ1n) is 9.13. The van der Waals surface area contributed by atoms with Crippen LogP contribution in [0.25, 0.3) is 0 Å². The van der Waals surface area contributed by atoms with Crippen molar-refractivity contribution >= 4 is 5.69 Å². The van der Waals surface area contributed by atoms with E-state index in [1.165, 1.54) is 56.1 Å². The lowest BCUT2D eigenvalue weighted by Gasteiger charge is -2.34. The van der Waals surface area contributed by atoms with Gasteiger partial charge in [-0.05, 0) is 91.4 Å². The number of aliphatic hydroxyl groups excluding tert-OH is 1. The van der Waals surface area contributed by atoms with Crippen LogP contribution in [0, 0.1) is 17.3 Å². The number of hydrogen-bond acceptors (Lipinski definition) is 3. The van der Waals surface area contributed by atoms with Gasteiger partial charge in [-0.1, -0.05) is 13.3 Å². The number of fused-ring (bicyclic) bond motifs is 4. The topological polar surface area (TPSA) is 66.5 Å². The molecule has 2 saturated carbocycles. The summed E-state index contributed by atoms with van der Waals surface area (Å²) >= 11 is 0. The zero-order valence-corrected chi connectivity index (χ0v) is 14.5. The third-order valence-corrected chi connectivity index (χ3v) is 6.94. The summed E-state index contributed by atoms with van der Waals surface area (Å²) in [4.78, 5) is 0. The van der Waals surface area contributed by atoms with Crippen LogP contribution in [-0.2, 0) is 6.42 Å². The van der Waals surface area contributed by atoms with Crippen molar-refractivity contribution in [1.29, 1.82) is 0 Å². The van der Waals surface area contributed by atoms with Crippen LogP contribution in [0.4, 0.5) is 5.69 Å². The maximum atomic E-state index is 9.87. The van der Waals surface area contributed by atoms with Crippen LogP contribution in [0.1, 0.15) is 68.9 Å². The maximum Gasteiger partial charge on any atom is 0.138 e. The molecule has 4 atom stereocenters. The molecule has 3 aliphatic rings. The molecule has 1 aromatic carbocycles. The van der Waals surface area contributed by atoms with Crippen LogP contribution < -0.4 is 5.73 Å². The summed E-state index contributed by atoms with van der Waals surface area (Å²) in [6.07, 6.45) is 10.8. The van der Waals surface area contributed by atoms with Crippen LogP contribution in [0.5, 0.6) is 5.75 Å². The Morgan fingerprint density at radius 1 is 1.13 bits per heavy atom. The summed E-state index contributed by atoms with van der Waals surface area (Å²) in [6.45, 7) is 2.54. The first-order chi connectivity index (χ1) is 11.1. The van der Waals surface area contributed by atoms with Crippen LogP contribution in [0.3, 0.4) is 0 Å². The van der Waals surface area contributed by atoms with E-state index in [2.05, 4.69) is 13.0 Å². The van der Waals surface area contributed by atoms with Crippen molar-refractivity contribution in [2.24, 2.45) is 17.3 Å². The fourth-order valence-corrected chi connectivity index (χ4v) is 5.58. The van der Waals surface area contributed by atoms with Crippen molar-refractivity contribution in [2.75, 3.05) is 12.8 Å². The van der Waals surface area contributed by atoms with Crippen LogP contribution >= 0.6 is 0 Å². The van der Waals surface area contributed by atoms with Gasteiger partial charge in [0.1, 0.15) is 5.75 Å². The third-order valence-electron chi connectivity index (χ3n) is 6.94. The molecule has 0 radical (unpaired) electrons. The molecule has 2 fully saturated rings. The number of nitrogen functional groups attached to an aromatic ring is 1. The van der Waals surface area contributed by atoms with Crippen molar-refractivity contribution in [1.82, 2.24) is 0 Å². The van der Waals surface area contributed by atoms with Crippen LogP contribution in [0.2, 0.25) is 0 Å². The molecule has 3 unspecified atom stereocenters. The van der Waals surface area contributed by atoms with Gasteiger partial charge in [0.15, 0.2) is 0 Å². The van der Waals surface area contributed by atoms with Gasteiger partial charge in [-0.15, -0.1) is 0 Å². The zero-order chi connectivity index (χ0) is 16.6. The van der Waals surface area contributed by atoms with Gasteiger partial charge in [-0.3, -0.25) is 0 Å². The summed E-state index contributed by atoms with van der Waals surface area (Å²) in [6, 6.07) is 4.00. The predicted molar refractivity (Wildman–Crippen MR) is 94.5 cm³/mol. The van der Waals surface area contributed by atoms with E-state index >= 15 is 0 Å². The lowest BCUT2D eigenvalue weighted by atomic mass is 9.71. The van der Waals surface area contributed by atoms with E-state index in [0.29, 0.717) is 17.0 Å². The Bertz CT molecular complexity index is 571. The summed E-state index contributed by atoms with van der Waals surface area (Å²) in [5.41, 5.74) is 9.93. The highest BCUT2D eigenvalue weighted by molar-refractivity contribution is 5.57. The van der Waals surface area contributed by atoms with E-state index in [0.717, 1.165) is 25.4 Å². The minimum absolute atomic E-state index is 0.268. The predicted octanol–water partition coefficient (Wildman–Crippen LogP) is 4.22. The molecule has 0 aromatic heterocycles. The molecule has 1 aromatic rings. The fraction of sp³-hybridized carbons (Fsp3) is 0.700. The van der Waals surface area contributed by atoms with Gasteiger partial charge in [0, 0.05) is 7.11 Å². The zero-order valence-electron chi connectivity index (χ0n) is 14.5. The molecule has 0 saturated heterocycles. The van der Waals surface area contributed by atoms with Gasteiger partial charge in [-0.25, -0.2) is 0 Å². The summed E-state index contributed by atoms with van der Waals surface area (Å²) in [7, 11) is 1.00. The highest BCUT2D eigenvalue weighted by Gasteiger charge is 2.45. The van der Waals surface area contributed by atoms with Crippen LogP contribution in [0.15, 0.2) is 12.1 Å². The van der Waals surface area contributed by atoms with E-state index < -0.39 is 0 Å². The number of phenolic OH excluding ortho intramolecular Hbond substituents is 1. The van der Waals surface area contributed by atoms with Gasteiger partial charge < -0.3 is 15.9 Å². The minimum atomic E-state index is 0.268. The van der Waals surface area contributed by atoms with E-state index in [1.807, 2.05) is 6.07 Å². The number of phenols is 1. The van der Waals surface area contributed by atoms with Gasteiger partial charge in [0.2, 0.25) is 0 Å². The van der Waals surface area contributed by atoms with Crippen molar-refractivity contribution in [3.63, 3.8) is 0 Å². The molecule has 3 aliphatic carbocycles. The van der Waals surface area contributed by atoms with Crippen molar-refractivity contribution in [2.45, 2.75) is 64.2 Å². The van der Waals surface area contributed by atoms with Gasteiger partial charge in [0.25, 0.3) is 0 Å². The number of nitrogens with two attached hydrogens (primary N) is 1. The number of rotatable bonds is 0. The van der Waals surface area contributed by atoms with E-state index in [-0.39, 0.29) is 5.75 Å². The highest BCUT2D eigenvalue weighted by Crippen LogP contribution is 2.57. The Hall–Kier alpha value is -1.22. The normalized spacial score (nSPS) is 35.2. The Morgan fingerprint density at radius 3 is 2.70 bits per heavy atom. The number of hydrogen-bond donors (Lipinski definition) is 3. The molecule has 3 nitrogen and oxygen atoms in total. The monoisotopic (exact) mass is 317 g/mol.